The third kappa shape index (κ3) is 4.40. The largest absolute Gasteiger partial charge is 0.299 e. The Morgan fingerprint density at radius 2 is 1.78 bits per heavy atom. The highest BCUT2D eigenvalue weighted by molar-refractivity contribution is 5.96. The summed E-state index contributed by atoms with van der Waals surface area (Å²) in [5, 5.41) is 0. The van der Waals surface area contributed by atoms with E-state index in [1.54, 1.807) is 0 Å². The van der Waals surface area contributed by atoms with E-state index in [4.69, 9.17) is 0 Å². The summed E-state index contributed by atoms with van der Waals surface area (Å²) in [7, 11) is 0. The Morgan fingerprint density at radius 3 is 2.06 bits per heavy atom. The minimum absolute atomic E-state index is 0.192. The normalized spacial score (nSPS) is 24.4. The van der Waals surface area contributed by atoms with Crippen LogP contribution in [0.1, 0.15) is 66.2 Å². The van der Waals surface area contributed by atoms with Gasteiger partial charge in [0.1, 0.15) is 5.78 Å². The zero-order valence-corrected chi connectivity index (χ0v) is 12.2. The van der Waals surface area contributed by atoms with Gasteiger partial charge in [0.25, 0.3) is 0 Å². The van der Waals surface area contributed by atoms with Crippen LogP contribution in [0.2, 0.25) is 0 Å². The molecule has 0 radical (unpaired) electrons. The van der Waals surface area contributed by atoms with Crippen molar-refractivity contribution in [2.24, 2.45) is 11.3 Å². The lowest BCUT2D eigenvalue weighted by Crippen LogP contribution is -2.30. The molecule has 2 rings (SSSR count). The third-order valence-electron chi connectivity index (χ3n) is 3.86. The summed E-state index contributed by atoms with van der Waals surface area (Å²) in [6, 6.07) is 0. The van der Waals surface area contributed by atoms with E-state index in [2.05, 4.69) is 20.8 Å². The molecule has 1 atom stereocenters. The molecule has 0 heterocycles. The molecule has 0 aliphatic heterocycles. The van der Waals surface area contributed by atoms with Gasteiger partial charge in [-0.15, -0.1) is 0 Å². The first-order valence-electron chi connectivity index (χ1n) is 7.05. The second kappa shape index (κ2) is 6.31. The van der Waals surface area contributed by atoms with Crippen LogP contribution in [0.3, 0.4) is 0 Å². The zero-order chi connectivity index (χ0) is 13.8. The maximum atomic E-state index is 11.4. The number of Topliss-reactive ketones (excluding diaryl/α,β-unsaturated/α-hetero) is 2. The molecule has 0 saturated heterocycles. The van der Waals surface area contributed by atoms with Crippen molar-refractivity contribution in [1.29, 1.82) is 0 Å². The highest BCUT2D eigenvalue weighted by Crippen LogP contribution is 2.35. The highest BCUT2D eigenvalue weighted by Gasteiger charge is 2.32. The first-order valence-corrected chi connectivity index (χ1v) is 7.05. The van der Waals surface area contributed by atoms with Crippen LogP contribution >= 0.6 is 0 Å². The molecule has 2 aliphatic carbocycles. The van der Waals surface area contributed by atoms with Crippen molar-refractivity contribution in [2.45, 2.75) is 66.2 Å². The predicted molar refractivity (Wildman–Crippen MR) is 74.4 cm³/mol. The van der Waals surface area contributed by atoms with Gasteiger partial charge in [-0.25, -0.2) is 0 Å². The summed E-state index contributed by atoms with van der Waals surface area (Å²) < 4.78 is 0. The fraction of sp³-hybridized carbons (Fsp3) is 0.750. The van der Waals surface area contributed by atoms with Crippen molar-refractivity contribution < 1.29 is 9.59 Å². The first-order chi connectivity index (χ1) is 8.32. The van der Waals surface area contributed by atoms with Crippen molar-refractivity contribution in [3.05, 3.63) is 11.6 Å². The lowest BCUT2D eigenvalue weighted by molar-refractivity contribution is -0.128. The van der Waals surface area contributed by atoms with Crippen molar-refractivity contribution in [1.82, 2.24) is 0 Å². The Hall–Kier alpha value is -0.920. The molecular formula is C16H26O2. The fourth-order valence-corrected chi connectivity index (χ4v) is 2.63. The molecule has 0 aromatic carbocycles. The van der Waals surface area contributed by atoms with E-state index >= 15 is 0 Å². The smallest absolute Gasteiger partial charge is 0.158 e. The number of rotatable bonds is 0. The van der Waals surface area contributed by atoms with Gasteiger partial charge in [-0.1, -0.05) is 33.3 Å². The Kier molecular flexibility index (Phi) is 5.30. The van der Waals surface area contributed by atoms with E-state index in [9.17, 15) is 9.59 Å². The molecule has 0 aromatic rings. The highest BCUT2D eigenvalue weighted by atomic mass is 16.1. The molecule has 0 aromatic heterocycles. The topological polar surface area (TPSA) is 34.1 Å². The number of hydrogen-bond acceptors (Lipinski definition) is 2. The van der Waals surface area contributed by atoms with Crippen LogP contribution in [-0.2, 0) is 9.59 Å². The Bertz CT molecular complexity index is 345. The van der Waals surface area contributed by atoms with Crippen molar-refractivity contribution in [2.75, 3.05) is 0 Å². The van der Waals surface area contributed by atoms with Crippen LogP contribution in [0.4, 0.5) is 0 Å². The number of carbonyl (C=O) groups excluding carboxylic acids is 2. The summed E-state index contributed by atoms with van der Waals surface area (Å²) in [4.78, 5) is 21.9. The molecule has 0 amide bonds. The molecular weight excluding hydrogens is 224 g/mol. The molecule has 1 saturated carbocycles. The Balaban J connectivity index is 0.000000199. The fourth-order valence-electron chi connectivity index (χ4n) is 2.63. The summed E-state index contributed by atoms with van der Waals surface area (Å²) in [5.74, 6) is 1.14. The van der Waals surface area contributed by atoms with Crippen LogP contribution in [0.5, 0.6) is 0 Å². The number of ketones is 2. The molecule has 0 N–H and O–H groups in total. The van der Waals surface area contributed by atoms with E-state index in [1.165, 1.54) is 6.42 Å². The van der Waals surface area contributed by atoms with Gasteiger partial charge in [-0.3, -0.25) is 9.59 Å². The van der Waals surface area contributed by atoms with Crippen LogP contribution in [0, 0.1) is 11.3 Å². The van der Waals surface area contributed by atoms with Gasteiger partial charge in [0.2, 0.25) is 0 Å². The minimum Gasteiger partial charge on any atom is -0.299 e. The Morgan fingerprint density at radius 1 is 1.11 bits per heavy atom. The summed E-state index contributed by atoms with van der Waals surface area (Å²) in [6.45, 7) is 8.37. The third-order valence-corrected chi connectivity index (χ3v) is 3.86. The lowest BCUT2D eigenvalue weighted by Gasteiger charge is -2.32. The molecule has 1 fully saturated rings. The summed E-state index contributed by atoms with van der Waals surface area (Å²) in [5.41, 5.74) is 1.14. The van der Waals surface area contributed by atoms with E-state index in [0.717, 1.165) is 37.7 Å². The standard InChI is InChI=1S/C10H18O.C6H8O/c1-10(2,3)8-6-4-5-7-9(8)11;1-5-3-2-4-6(5)7/h8H,4-7H2,1-3H3;3H,2,4H2,1H3. The van der Waals surface area contributed by atoms with E-state index < -0.39 is 0 Å². The number of carbonyl (C=O) groups is 2. The SMILES string of the molecule is CC(C)(C)C1CCCCC1=O.CC1=CCCC1=O. The van der Waals surface area contributed by atoms with E-state index in [1.807, 2.05) is 13.0 Å². The quantitative estimate of drug-likeness (QED) is 0.649. The summed E-state index contributed by atoms with van der Waals surface area (Å²) in [6.07, 6.45) is 7.99. The van der Waals surface area contributed by atoms with Gasteiger partial charge in [0.05, 0.1) is 0 Å². The number of hydrogen-bond donors (Lipinski definition) is 0. The van der Waals surface area contributed by atoms with Gasteiger partial charge in [-0.05, 0) is 37.2 Å². The molecule has 0 bridgehead atoms. The lowest BCUT2D eigenvalue weighted by atomic mass is 9.72. The minimum atomic E-state index is 0.192. The van der Waals surface area contributed by atoms with E-state index in [-0.39, 0.29) is 5.41 Å². The maximum absolute atomic E-state index is 11.4. The van der Waals surface area contributed by atoms with Gasteiger partial charge >= 0.3 is 0 Å². The first kappa shape index (κ1) is 15.1. The molecule has 1 unspecified atom stereocenters. The Labute approximate surface area is 111 Å². The average molecular weight is 250 g/mol. The van der Waals surface area contributed by atoms with Gasteiger partial charge in [0, 0.05) is 18.8 Å². The zero-order valence-electron chi connectivity index (χ0n) is 12.2. The van der Waals surface area contributed by atoms with Gasteiger partial charge in [-0.2, -0.15) is 0 Å². The van der Waals surface area contributed by atoms with Crippen molar-refractivity contribution in [3.8, 4) is 0 Å². The van der Waals surface area contributed by atoms with Gasteiger partial charge < -0.3 is 0 Å². The van der Waals surface area contributed by atoms with Crippen molar-refractivity contribution in [3.63, 3.8) is 0 Å². The molecule has 18 heavy (non-hydrogen) atoms. The van der Waals surface area contributed by atoms with Gasteiger partial charge in [0.15, 0.2) is 5.78 Å². The van der Waals surface area contributed by atoms with Crippen LogP contribution in [0.25, 0.3) is 0 Å². The average Bonchev–Trinajstić information content (AvgIpc) is 2.63. The van der Waals surface area contributed by atoms with Crippen LogP contribution < -0.4 is 0 Å². The van der Waals surface area contributed by atoms with E-state index in [0.29, 0.717) is 17.5 Å². The number of allylic oxidation sites excluding steroid dienone is 2. The van der Waals surface area contributed by atoms with Crippen LogP contribution in [-0.4, -0.2) is 11.6 Å². The molecule has 2 nitrogen and oxygen atoms in total. The second-order valence-corrected chi connectivity index (χ2v) is 6.48. The monoisotopic (exact) mass is 250 g/mol. The van der Waals surface area contributed by atoms with Crippen LogP contribution in [0.15, 0.2) is 11.6 Å². The molecule has 2 aliphatic rings. The molecule has 0 spiro atoms. The second-order valence-electron chi connectivity index (χ2n) is 6.48. The van der Waals surface area contributed by atoms with Crippen molar-refractivity contribution >= 4 is 11.6 Å². The molecule has 2 heteroatoms. The predicted octanol–water partition coefficient (Wildman–Crippen LogP) is 4.09. The maximum Gasteiger partial charge on any atom is 0.158 e. The molecule has 102 valence electrons. The summed E-state index contributed by atoms with van der Waals surface area (Å²) >= 11 is 0.